The van der Waals surface area contributed by atoms with Crippen molar-refractivity contribution in [2.75, 3.05) is 13.2 Å². The number of nitrogens with one attached hydrogen (secondary N) is 1. The molecule has 0 saturated heterocycles. The van der Waals surface area contributed by atoms with Crippen molar-refractivity contribution in [3.05, 3.63) is 35.1 Å². The van der Waals surface area contributed by atoms with Gasteiger partial charge in [0.15, 0.2) is 17.5 Å². The van der Waals surface area contributed by atoms with Gasteiger partial charge in [-0.05, 0) is 24.6 Å². The van der Waals surface area contributed by atoms with E-state index in [0.717, 1.165) is 18.3 Å². The number of hydrogen-bond donors (Lipinski definition) is 2. The Morgan fingerprint density at radius 2 is 1.89 bits per heavy atom. The zero-order valence-electron chi connectivity index (χ0n) is 9.67. The van der Waals surface area contributed by atoms with E-state index >= 15 is 0 Å². The first-order valence-corrected chi connectivity index (χ1v) is 4.96. The second kappa shape index (κ2) is 8.24. The molecule has 0 spiro atoms. The van der Waals surface area contributed by atoms with Crippen molar-refractivity contribution >= 4 is 12.2 Å². The van der Waals surface area contributed by atoms with Crippen LogP contribution in [-0.4, -0.2) is 25.3 Å². The maximum Gasteiger partial charge on any atom is 0.319 e. The molecule has 0 amide bonds. The average molecular weight is 262 g/mol. The largest absolute Gasteiger partial charge is 0.465 e. The molecule has 7 heteroatoms. The first-order chi connectivity index (χ1) is 8.46. The van der Waals surface area contributed by atoms with Crippen molar-refractivity contribution in [1.82, 2.24) is 0 Å². The fourth-order valence-electron chi connectivity index (χ4n) is 0.878. The van der Waals surface area contributed by atoms with E-state index in [4.69, 9.17) is 11.1 Å². The molecule has 0 aliphatic heterocycles. The Morgan fingerprint density at radius 3 is 2.17 bits per heavy atom. The van der Waals surface area contributed by atoms with E-state index in [2.05, 4.69) is 4.74 Å². The Balaban J connectivity index is 0.000000360. The zero-order valence-corrected chi connectivity index (χ0v) is 9.67. The van der Waals surface area contributed by atoms with Gasteiger partial charge in [-0.15, -0.1) is 0 Å². The summed E-state index contributed by atoms with van der Waals surface area (Å²) >= 11 is 0. The lowest BCUT2D eigenvalue weighted by Crippen LogP contribution is -2.16. The second-order valence-electron chi connectivity index (χ2n) is 2.95. The molecular weight excluding hydrogens is 249 g/mol. The van der Waals surface area contributed by atoms with E-state index in [9.17, 15) is 18.0 Å². The molecule has 0 aliphatic rings. The van der Waals surface area contributed by atoms with E-state index in [1.54, 1.807) is 6.92 Å². The van der Waals surface area contributed by atoms with Gasteiger partial charge < -0.3 is 15.9 Å². The molecule has 0 heterocycles. The molecular formula is C11H13F3N2O2. The fraction of sp³-hybridized carbons (Fsp3) is 0.273. The molecule has 1 aromatic carbocycles. The van der Waals surface area contributed by atoms with Gasteiger partial charge in [-0.25, -0.2) is 13.2 Å². The van der Waals surface area contributed by atoms with Crippen molar-refractivity contribution in [1.29, 1.82) is 5.41 Å². The number of ether oxygens (including phenoxy) is 1. The normalized spacial score (nSPS) is 9.17. The number of benzene rings is 1. The minimum atomic E-state index is -1.50. The monoisotopic (exact) mass is 262 g/mol. The second-order valence-corrected chi connectivity index (χ2v) is 2.95. The van der Waals surface area contributed by atoms with Crippen LogP contribution in [0.15, 0.2) is 12.1 Å². The number of carbonyl (C=O) groups is 1. The summed E-state index contributed by atoms with van der Waals surface area (Å²) in [7, 11) is 0. The first kappa shape index (κ1) is 16.1. The summed E-state index contributed by atoms with van der Waals surface area (Å²) in [6, 6.07) is 1.51. The molecule has 3 N–H and O–H groups in total. The number of halogens is 3. The minimum Gasteiger partial charge on any atom is -0.465 e. The SMILES string of the molecule is CCOC(=O)CN.N=Cc1cc(F)c(F)c(F)c1. The molecule has 0 unspecified atom stereocenters. The number of rotatable bonds is 3. The van der Waals surface area contributed by atoms with Crippen LogP contribution in [0, 0.1) is 22.9 Å². The highest BCUT2D eigenvalue weighted by molar-refractivity contribution is 5.76. The van der Waals surface area contributed by atoms with Gasteiger partial charge in [0.1, 0.15) is 0 Å². The maximum absolute atomic E-state index is 12.3. The van der Waals surface area contributed by atoms with Gasteiger partial charge in [0.05, 0.1) is 13.2 Å². The fourth-order valence-corrected chi connectivity index (χ4v) is 0.878. The number of nitrogens with two attached hydrogens (primary N) is 1. The van der Waals surface area contributed by atoms with Gasteiger partial charge in [0.2, 0.25) is 0 Å². The molecule has 0 atom stereocenters. The summed E-state index contributed by atoms with van der Waals surface area (Å²) in [4.78, 5) is 10.1. The molecule has 0 aromatic heterocycles. The van der Waals surface area contributed by atoms with Crippen LogP contribution in [-0.2, 0) is 9.53 Å². The van der Waals surface area contributed by atoms with E-state index in [0.29, 0.717) is 6.61 Å². The van der Waals surface area contributed by atoms with E-state index < -0.39 is 17.5 Å². The molecule has 100 valence electrons. The van der Waals surface area contributed by atoms with E-state index in [1.807, 2.05) is 0 Å². The standard InChI is InChI=1S/C7H4F3N.C4H9NO2/c8-5-1-4(3-11)2-6(9)7(5)10;1-2-7-4(6)3-5/h1-3,11H;2-3,5H2,1H3. The van der Waals surface area contributed by atoms with Gasteiger partial charge in [-0.1, -0.05) is 0 Å². The van der Waals surface area contributed by atoms with Crippen LogP contribution in [0.4, 0.5) is 13.2 Å². The molecule has 4 nitrogen and oxygen atoms in total. The third-order valence-corrected chi connectivity index (χ3v) is 1.64. The van der Waals surface area contributed by atoms with Crippen molar-refractivity contribution in [3.63, 3.8) is 0 Å². The highest BCUT2D eigenvalue weighted by atomic mass is 19.2. The van der Waals surface area contributed by atoms with Crippen LogP contribution in [0.3, 0.4) is 0 Å². The summed E-state index contributed by atoms with van der Waals surface area (Å²) in [6.45, 7) is 2.14. The van der Waals surface area contributed by atoms with Gasteiger partial charge in [0, 0.05) is 6.21 Å². The average Bonchev–Trinajstić information content (AvgIpc) is 2.36. The highest BCUT2D eigenvalue weighted by Crippen LogP contribution is 2.11. The van der Waals surface area contributed by atoms with Crippen LogP contribution in [0.5, 0.6) is 0 Å². The Morgan fingerprint density at radius 1 is 1.39 bits per heavy atom. The molecule has 0 aliphatic carbocycles. The Bertz CT molecular complexity index is 402. The van der Waals surface area contributed by atoms with Gasteiger partial charge >= 0.3 is 5.97 Å². The maximum atomic E-state index is 12.3. The predicted octanol–water partition coefficient (Wildman–Crippen LogP) is 1.61. The Labute approximate surface area is 102 Å². The van der Waals surface area contributed by atoms with Crippen LogP contribution >= 0.6 is 0 Å². The van der Waals surface area contributed by atoms with Crippen LogP contribution in [0.1, 0.15) is 12.5 Å². The third-order valence-electron chi connectivity index (χ3n) is 1.64. The number of esters is 1. The highest BCUT2D eigenvalue weighted by Gasteiger charge is 2.08. The third kappa shape index (κ3) is 5.44. The molecule has 0 saturated carbocycles. The summed E-state index contributed by atoms with van der Waals surface area (Å²) < 4.78 is 41.3. The first-order valence-electron chi connectivity index (χ1n) is 4.96. The Hall–Kier alpha value is -1.89. The quantitative estimate of drug-likeness (QED) is 0.493. The molecule has 0 bridgehead atoms. The predicted molar refractivity (Wildman–Crippen MR) is 59.9 cm³/mol. The lowest BCUT2D eigenvalue weighted by atomic mass is 10.2. The lowest BCUT2D eigenvalue weighted by molar-refractivity contribution is -0.141. The van der Waals surface area contributed by atoms with Gasteiger partial charge in [0.25, 0.3) is 0 Å². The topological polar surface area (TPSA) is 76.2 Å². The van der Waals surface area contributed by atoms with Crippen molar-refractivity contribution in [2.24, 2.45) is 5.73 Å². The molecule has 18 heavy (non-hydrogen) atoms. The van der Waals surface area contributed by atoms with Crippen LogP contribution < -0.4 is 5.73 Å². The van der Waals surface area contributed by atoms with Crippen molar-refractivity contribution in [2.45, 2.75) is 6.92 Å². The minimum absolute atomic E-state index is 0.00130. The number of hydrogen-bond acceptors (Lipinski definition) is 4. The number of carbonyl (C=O) groups excluding carboxylic acids is 1. The lowest BCUT2D eigenvalue weighted by Gasteiger charge is -1.95. The zero-order chi connectivity index (χ0) is 14.1. The Kier molecular flexibility index (Phi) is 7.37. The summed E-state index contributed by atoms with van der Waals surface area (Å²) in [5.74, 6) is -4.40. The van der Waals surface area contributed by atoms with Crippen LogP contribution in [0.2, 0.25) is 0 Å². The molecule has 0 fully saturated rings. The van der Waals surface area contributed by atoms with Crippen molar-refractivity contribution < 1.29 is 22.7 Å². The summed E-state index contributed by atoms with van der Waals surface area (Å²) in [5, 5.41) is 6.63. The van der Waals surface area contributed by atoms with Crippen LogP contribution in [0.25, 0.3) is 0 Å². The van der Waals surface area contributed by atoms with Crippen molar-refractivity contribution in [3.8, 4) is 0 Å². The van der Waals surface area contributed by atoms with E-state index in [1.165, 1.54) is 0 Å². The summed E-state index contributed by atoms with van der Waals surface area (Å²) in [5.41, 5.74) is 4.88. The molecule has 0 radical (unpaired) electrons. The van der Waals surface area contributed by atoms with Gasteiger partial charge in [-0.2, -0.15) is 0 Å². The van der Waals surface area contributed by atoms with E-state index in [-0.39, 0.29) is 18.1 Å². The van der Waals surface area contributed by atoms with Gasteiger partial charge in [-0.3, -0.25) is 4.79 Å². The summed E-state index contributed by atoms with van der Waals surface area (Å²) in [6.07, 6.45) is 0.742. The molecule has 1 aromatic rings. The molecule has 1 rings (SSSR count). The smallest absolute Gasteiger partial charge is 0.319 e.